The molecular formula is C6N18. The molecule has 0 heterocycles. The lowest BCUT2D eigenvalue weighted by atomic mass is 10.1. The van der Waals surface area contributed by atoms with E-state index in [0.717, 1.165) is 0 Å². The van der Waals surface area contributed by atoms with Gasteiger partial charge in [0, 0.05) is 29.5 Å². The molecule has 0 saturated carbocycles. The summed E-state index contributed by atoms with van der Waals surface area (Å²) in [6, 6.07) is 0. The average Bonchev–Trinajstić information content (AvgIpc) is 2.57. The zero-order valence-electron chi connectivity index (χ0n) is 11.0. The van der Waals surface area contributed by atoms with Crippen molar-refractivity contribution in [2.24, 2.45) is 30.7 Å². The number of azide groups is 6. The number of hydrogen-bond acceptors (Lipinski definition) is 6. The number of rotatable bonds is 6. The summed E-state index contributed by atoms with van der Waals surface area (Å²) in [5.41, 5.74) is 48.2. The van der Waals surface area contributed by atoms with Gasteiger partial charge in [0.1, 0.15) is 0 Å². The molecule has 0 amide bonds. The van der Waals surface area contributed by atoms with E-state index in [1.54, 1.807) is 0 Å². The number of hydrogen-bond donors (Lipinski definition) is 0. The van der Waals surface area contributed by atoms with Crippen LogP contribution in [0.25, 0.3) is 62.7 Å². The molecular weight excluding hydrogens is 324 g/mol. The fourth-order valence-corrected chi connectivity index (χ4v) is 1.51. The fourth-order valence-electron chi connectivity index (χ4n) is 1.51. The van der Waals surface area contributed by atoms with Crippen molar-refractivity contribution >= 4 is 34.1 Å². The van der Waals surface area contributed by atoms with Crippen molar-refractivity contribution in [3.63, 3.8) is 0 Å². The van der Waals surface area contributed by atoms with Crippen molar-refractivity contribution in [1.29, 1.82) is 0 Å². The standard InChI is InChI=1S/C6N18/c7-19-13-1-2(14-20-8)4(16-22-10)6(18-24-12)5(17-23-11)3(1)15-21-9. The van der Waals surface area contributed by atoms with E-state index in [1.807, 2.05) is 0 Å². The van der Waals surface area contributed by atoms with Gasteiger partial charge in [-0.2, -0.15) is 0 Å². The molecule has 0 N–H and O–H groups in total. The van der Waals surface area contributed by atoms with Gasteiger partial charge in [0.05, 0.1) is 34.1 Å². The molecule has 0 aliphatic heterocycles. The van der Waals surface area contributed by atoms with Crippen molar-refractivity contribution in [2.75, 3.05) is 0 Å². The lowest BCUT2D eigenvalue weighted by Crippen LogP contribution is -1.77. The molecule has 0 radical (unpaired) electrons. The lowest BCUT2D eigenvalue weighted by molar-refractivity contribution is 1.29. The first-order valence-electron chi connectivity index (χ1n) is 5.24. The Labute approximate surface area is 128 Å². The van der Waals surface area contributed by atoms with Crippen LogP contribution in [-0.2, 0) is 0 Å². The highest BCUT2D eigenvalue weighted by atomic mass is 15.3. The number of nitrogens with zero attached hydrogens (tertiary/aromatic N) is 18. The van der Waals surface area contributed by atoms with Crippen LogP contribution in [0.15, 0.2) is 30.7 Å². The van der Waals surface area contributed by atoms with Crippen LogP contribution in [0, 0.1) is 0 Å². The third kappa shape index (κ3) is 3.21. The van der Waals surface area contributed by atoms with Crippen LogP contribution in [0.1, 0.15) is 0 Å². The molecule has 0 atom stereocenters. The monoisotopic (exact) mass is 324 g/mol. The Hall–Kier alpha value is -4.92. The minimum absolute atomic E-state index is 0.588. The topological polar surface area (TPSA) is 293 Å². The molecule has 18 nitrogen and oxygen atoms in total. The van der Waals surface area contributed by atoms with Gasteiger partial charge in [0.25, 0.3) is 0 Å². The first-order chi connectivity index (χ1) is 11.7. The fraction of sp³-hybridized carbons (Fsp3) is 0. The van der Waals surface area contributed by atoms with Crippen LogP contribution in [0.2, 0.25) is 0 Å². The molecule has 114 valence electrons. The zero-order valence-corrected chi connectivity index (χ0v) is 11.0. The highest BCUT2D eigenvalue weighted by Gasteiger charge is 2.20. The Kier molecular flexibility index (Phi) is 5.99. The number of benzene rings is 1. The van der Waals surface area contributed by atoms with E-state index in [4.69, 9.17) is 33.2 Å². The predicted octanol–water partition coefficient (Wildman–Crippen LogP) is 7.34. The summed E-state index contributed by atoms with van der Waals surface area (Å²) in [4.78, 5) is 14.7. The van der Waals surface area contributed by atoms with Crippen LogP contribution in [0.3, 0.4) is 0 Å². The van der Waals surface area contributed by atoms with Gasteiger partial charge in [-0.1, -0.05) is 30.7 Å². The van der Waals surface area contributed by atoms with E-state index in [2.05, 4.69) is 60.2 Å². The Balaban J connectivity index is 4.45. The Morgan fingerprint density at radius 2 is 0.458 bits per heavy atom. The summed E-state index contributed by atoms with van der Waals surface area (Å²) < 4.78 is 0. The molecule has 0 unspecified atom stereocenters. The van der Waals surface area contributed by atoms with E-state index in [0.29, 0.717) is 0 Å². The molecule has 0 spiro atoms. The summed E-state index contributed by atoms with van der Waals surface area (Å²) in [6.07, 6.45) is 0. The molecule has 0 aliphatic carbocycles. The van der Waals surface area contributed by atoms with E-state index >= 15 is 0 Å². The largest absolute Gasteiger partial charge is 0.0598 e. The van der Waals surface area contributed by atoms with Crippen LogP contribution in [0.4, 0.5) is 34.1 Å². The van der Waals surface area contributed by atoms with Crippen LogP contribution in [-0.4, -0.2) is 0 Å². The summed E-state index contributed by atoms with van der Waals surface area (Å²) in [7, 11) is 0. The van der Waals surface area contributed by atoms with Crippen LogP contribution < -0.4 is 0 Å². The van der Waals surface area contributed by atoms with E-state index in [-0.39, 0.29) is 0 Å². The first-order valence-corrected chi connectivity index (χ1v) is 5.24. The smallest absolute Gasteiger partial charge is 0.0575 e. The van der Waals surface area contributed by atoms with Crippen molar-refractivity contribution in [3.8, 4) is 0 Å². The molecule has 1 aromatic rings. The van der Waals surface area contributed by atoms with Crippen molar-refractivity contribution in [3.05, 3.63) is 62.7 Å². The normalized spacial score (nSPS) is 8.00. The van der Waals surface area contributed by atoms with Gasteiger partial charge >= 0.3 is 0 Å². The van der Waals surface area contributed by atoms with E-state index in [1.165, 1.54) is 0 Å². The maximum atomic E-state index is 8.62. The summed E-state index contributed by atoms with van der Waals surface area (Å²) in [5.74, 6) is 0. The molecule has 0 aliphatic rings. The van der Waals surface area contributed by atoms with Gasteiger partial charge in [-0.05, 0) is 33.2 Å². The van der Waals surface area contributed by atoms with Gasteiger partial charge in [-0.3, -0.25) is 0 Å². The second-order valence-corrected chi connectivity index (χ2v) is 3.23. The highest BCUT2D eigenvalue weighted by molar-refractivity contribution is 6.00. The zero-order chi connectivity index (χ0) is 17.9. The van der Waals surface area contributed by atoms with Crippen molar-refractivity contribution in [1.82, 2.24) is 0 Å². The van der Waals surface area contributed by atoms with Gasteiger partial charge in [0.2, 0.25) is 0 Å². The van der Waals surface area contributed by atoms with Crippen molar-refractivity contribution in [2.45, 2.75) is 0 Å². The third-order valence-electron chi connectivity index (χ3n) is 2.21. The van der Waals surface area contributed by atoms with Gasteiger partial charge in [-0.15, -0.1) is 0 Å². The Morgan fingerprint density at radius 3 is 0.542 bits per heavy atom. The molecule has 1 rings (SSSR count). The van der Waals surface area contributed by atoms with Crippen LogP contribution in [0.5, 0.6) is 0 Å². The van der Waals surface area contributed by atoms with Crippen molar-refractivity contribution < 1.29 is 0 Å². The van der Waals surface area contributed by atoms with Gasteiger partial charge in [-0.25, -0.2) is 0 Å². The highest BCUT2D eigenvalue weighted by Crippen LogP contribution is 2.57. The summed E-state index contributed by atoms with van der Waals surface area (Å²) >= 11 is 0. The first kappa shape index (κ1) is 17.1. The predicted molar refractivity (Wildman–Crippen MR) is 79.3 cm³/mol. The van der Waals surface area contributed by atoms with Crippen LogP contribution >= 0.6 is 0 Å². The minimum atomic E-state index is -0.588. The quantitative estimate of drug-likeness (QED) is 0.281. The Morgan fingerprint density at radius 1 is 0.333 bits per heavy atom. The molecule has 0 fully saturated rings. The summed E-state index contributed by atoms with van der Waals surface area (Å²) in [6.45, 7) is 0. The second-order valence-electron chi connectivity index (χ2n) is 3.23. The SMILES string of the molecule is [N-]=[N+]=Nc1c(N=[N+]=[N-])c(N=[N+]=[N-])c(N=[N+]=[N-])c(N=[N+]=[N-])c1N=[N+]=[N-]. The second kappa shape index (κ2) is 8.39. The maximum absolute atomic E-state index is 8.62. The van der Waals surface area contributed by atoms with E-state index < -0.39 is 34.1 Å². The Bertz CT molecular complexity index is 746. The molecule has 1 aromatic carbocycles. The molecule has 24 heavy (non-hydrogen) atoms. The molecule has 0 saturated heterocycles. The van der Waals surface area contributed by atoms with Gasteiger partial charge in [0.15, 0.2) is 0 Å². The third-order valence-corrected chi connectivity index (χ3v) is 2.21. The molecule has 18 heteroatoms. The minimum Gasteiger partial charge on any atom is -0.0598 e. The average molecular weight is 324 g/mol. The molecule has 0 aromatic heterocycles. The van der Waals surface area contributed by atoms with E-state index in [9.17, 15) is 0 Å². The molecule has 0 bridgehead atoms. The van der Waals surface area contributed by atoms with Gasteiger partial charge < -0.3 is 0 Å². The maximum Gasteiger partial charge on any atom is 0.0575 e. The summed E-state index contributed by atoms with van der Waals surface area (Å²) in [5, 5.41) is 19.1. The lowest BCUT2D eigenvalue weighted by Gasteiger charge is -2.13.